The van der Waals surface area contributed by atoms with E-state index in [4.69, 9.17) is 4.74 Å². The summed E-state index contributed by atoms with van der Waals surface area (Å²) in [4.78, 5) is 8.27. The molecule has 4 nitrogen and oxygen atoms in total. The Balaban J connectivity index is 2.21. The van der Waals surface area contributed by atoms with Crippen molar-refractivity contribution in [3.05, 3.63) is 54.0 Å². The van der Waals surface area contributed by atoms with E-state index in [1.807, 2.05) is 30.3 Å². The third-order valence-electron chi connectivity index (χ3n) is 2.87. The van der Waals surface area contributed by atoms with Crippen LogP contribution in [-0.2, 0) is 0 Å². The molecule has 0 saturated heterocycles. The van der Waals surface area contributed by atoms with Gasteiger partial charge in [0.15, 0.2) is 6.61 Å². The highest BCUT2D eigenvalue weighted by Crippen LogP contribution is 2.23. The van der Waals surface area contributed by atoms with Crippen molar-refractivity contribution in [2.75, 3.05) is 13.2 Å². The molecule has 0 aliphatic carbocycles. The lowest BCUT2D eigenvalue weighted by Crippen LogP contribution is -2.09. The molecule has 0 radical (unpaired) electrons. The Labute approximate surface area is 118 Å². The highest BCUT2D eigenvalue weighted by atomic mass is 16.5. The van der Waals surface area contributed by atoms with E-state index in [1.165, 1.54) is 6.33 Å². The van der Waals surface area contributed by atoms with E-state index in [1.54, 1.807) is 13.0 Å². The normalized spacial score (nSPS) is 11.3. The Kier molecular flexibility index (Phi) is 5.10. The summed E-state index contributed by atoms with van der Waals surface area (Å²) in [6.07, 6.45) is 1.44. The zero-order valence-corrected chi connectivity index (χ0v) is 11.3. The maximum atomic E-state index is 9.61. The van der Waals surface area contributed by atoms with E-state index in [-0.39, 0.29) is 12.5 Å². The van der Waals surface area contributed by atoms with Crippen LogP contribution < -0.4 is 4.74 Å². The summed E-state index contributed by atoms with van der Waals surface area (Å²) in [7, 11) is 0. The number of nitrogens with zero attached hydrogens (tertiary/aromatic N) is 2. The van der Waals surface area contributed by atoms with Crippen LogP contribution in [0.3, 0.4) is 0 Å². The van der Waals surface area contributed by atoms with Crippen molar-refractivity contribution in [3.8, 4) is 17.7 Å². The van der Waals surface area contributed by atoms with Gasteiger partial charge in [-0.25, -0.2) is 9.97 Å². The summed E-state index contributed by atoms with van der Waals surface area (Å²) in [5.41, 5.74) is 1.74. The van der Waals surface area contributed by atoms with Crippen molar-refractivity contribution in [1.82, 2.24) is 9.97 Å². The fraction of sp³-hybridized carbons (Fsp3) is 0.250. The molecule has 2 rings (SSSR count). The maximum absolute atomic E-state index is 9.61. The van der Waals surface area contributed by atoms with E-state index in [0.29, 0.717) is 12.5 Å². The first-order valence-corrected chi connectivity index (χ1v) is 6.35. The van der Waals surface area contributed by atoms with Crippen molar-refractivity contribution in [1.29, 1.82) is 0 Å². The lowest BCUT2D eigenvalue weighted by Gasteiger charge is -2.14. The summed E-state index contributed by atoms with van der Waals surface area (Å²) < 4.78 is 5.41. The lowest BCUT2D eigenvalue weighted by molar-refractivity contribution is 0.278. The van der Waals surface area contributed by atoms with Crippen molar-refractivity contribution in [2.24, 2.45) is 0 Å². The molecule has 1 aromatic carbocycles. The highest BCUT2D eigenvalue weighted by molar-refractivity contribution is 5.30. The first kappa shape index (κ1) is 14.0. The van der Waals surface area contributed by atoms with Gasteiger partial charge in [0.1, 0.15) is 6.33 Å². The van der Waals surface area contributed by atoms with Crippen molar-refractivity contribution in [2.45, 2.75) is 12.8 Å². The van der Waals surface area contributed by atoms with Crippen molar-refractivity contribution < 1.29 is 9.84 Å². The smallest absolute Gasteiger partial charge is 0.217 e. The topological polar surface area (TPSA) is 55.2 Å². The molecule has 1 atom stereocenters. The van der Waals surface area contributed by atoms with Gasteiger partial charge in [-0.1, -0.05) is 36.3 Å². The molecule has 1 aromatic heterocycles. The first-order chi connectivity index (χ1) is 9.85. The van der Waals surface area contributed by atoms with Gasteiger partial charge < -0.3 is 9.84 Å². The largest absolute Gasteiger partial charge is 0.464 e. The van der Waals surface area contributed by atoms with Gasteiger partial charge in [0.2, 0.25) is 5.88 Å². The molecular formula is C16H16N2O2. The van der Waals surface area contributed by atoms with Crippen molar-refractivity contribution in [3.63, 3.8) is 0 Å². The van der Waals surface area contributed by atoms with E-state index in [9.17, 15) is 5.11 Å². The SMILES string of the molecule is CC#CCOc1cc(C(CO)c2ccccc2)ncn1. The molecule has 0 aliphatic heterocycles. The number of hydrogen-bond acceptors (Lipinski definition) is 4. The van der Waals surface area contributed by atoms with E-state index in [0.717, 1.165) is 11.3 Å². The zero-order chi connectivity index (χ0) is 14.2. The molecule has 0 aliphatic rings. The Morgan fingerprint density at radius 1 is 1.25 bits per heavy atom. The van der Waals surface area contributed by atoms with Crippen LogP contribution in [-0.4, -0.2) is 28.3 Å². The minimum absolute atomic E-state index is 0.0186. The van der Waals surface area contributed by atoms with Gasteiger partial charge >= 0.3 is 0 Å². The number of hydrogen-bond donors (Lipinski definition) is 1. The van der Waals surface area contributed by atoms with Gasteiger partial charge in [0, 0.05) is 12.0 Å². The van der Waals surface area contributed by atoms with Gasteiger partial charge in [-0.2, -0.15) is 0 Å². The minimum Gasteiger partial charge on any atom is -0.464 e. The lowest BCUT2D eigenvalue weighted by atomic mass is 9.96. The monoisotopic (exact) mass is 268 g/mol. The quantitative estimate of drug-likeness (QED) is 0.843. The average Bonchev–Trinajstić information content (AvgIpc) is 2.50. The van der Waals surface area contributed by atoms with Gasteiger partial charge in [0.05, 0.1) is 12.3 Å². The Hall–Kier alpha value is -2.38. The Bertz CT molecular complexity index is 603. The van der Waals surface area contributed by atoms with E-state index >= 15 is 0 Å². The molecule has 0 amide bonds. The molecule has 2 aromatic rings. The zero-order valence-electron chi connectivity index (χ0n) is 11.3. The summed E-state index contributed by atoms with van der Waals surface area (Å²) in [6, 6.07) is 11.5. The second kappa shape index (κ2) is 7.27. The van der Waals surface area contributed by atoms with Crippen molar-refractivity contribution >= 4 is 0 Å². The number of aliphatic hydroxyl groups is 1. The Morgan fingerprint density at radius 2 is 2.05 bits per heavy atom. The number of aliphatic hydroxyl groups excluding tert-OH is 1. The third-order valence-corrected chi connectivity index (χ3v) is 2.87. The van der Waals surface area contributed by atoms with Crippen LogP contribution >= 0.6 is 0 Å². The average molecular weight is 268 g/mol. The van der Waals surface area contributed by atoms with Crippen LogP contribution in [0.5, 0.6) is 5.88 Å². The molecule has 4 heteroatoms. The van der Waals surface area contributed by atoms with Gasteiger partial charge in [-0.3, -0.25) is 0 Å². The highest BCUT2D eigenvalue weighted by Gasteiger charge is 2.15. The van der Waals surface area contributed by atoms with Crippen LogP contribution in [0.1, 0.15) is 24.1 Å². The minimum atomic E-state index is -0.182. The molecule has 1 heterocycles. The Morgan fingerprint density at radius 3 is 2.75 bits per heavy atom. The summed E-state index contributed by atoms with van der Waals surface area (Å²) in [6.45, 7) is 2.03. The summed E-state index contributed by atoms with van der Waals surface area (Å²) in [5.74, 6) is 5.85. The number of aromatic nitrogens is 2. The van der Waals surface area contributed by atoms with Gasteiger partial charge in [-0.15, -0.1) is 5.92 Å². The van der Waals surface area contributed by atoms with Crippen LogP contribution in [0.4, 0.5) is 0 Å². The molecule has 20 heavy (non-hydrogen) atoms. The fourth-order valence-corrected chi connectivity index (χ4v) is 1.86. The number of benzene rings is 1. The molecular weight excluding hydrogens is 252 g/mol. The predicted octanol–water partition coefficient (Wildman–Crippen LogP) is 2.00. The summed E-state index contributed by atoms with van der Waals surface area (Å²) in [5, 5.41) is 9.61. The fourth-order valence-electron chi connectivity index (χ4n) is 1.86. The molecule has 0 bridgehead atoms. The molecule has 0 spiro atoms. The summed E-state index contributed by atoms with van der Waals surface area (Å²) >= 11 is 0. The van der Waals surface area contributed by atoms with Crippen LogP contribution in [0, 0.1) is 11.8 Å². The number of rotatable bonds is 5. The molecule has 1 N–H and O–H groups in total. The predicted molar refractivity (Wildman–Crippen MR) is 76.3 cm³/mol. The van der Waals surface area contributed by atoms with Crippen LogP contribution in [0.15, 0.2) is 42.7 Å². The molecule has 1 unspecified atom stereocenters. The van der Waals surface area contributed by atoms with E-state index in [2.05, 4.69) is 21.8 Å². The standard InChI is InChI=1S/C16H16N2O2/c1-2-3-9-20-16-10-15(17-12-18-16)14(11-19)13-7-5-4-6-8-13/h4-8,10,12,14,19H,9,11H2,1H3. The third kappa shape index (κ3) is 3.56. The molecule has 102 valence electrons. The second-order valence-corrected chi connectivity index (χ2v) is 4.14. The van der Waals surface area contributed by atoms with Crippen LogP contribution in [0.25, 0.3) is 0 Å². The second-order valence-electron chi connectivity index (χ2n) is 4.14. The number of ether oxygens (including phenoxy) is 1. The van der Waals surface area contributed by atoms with E-state index < -0.39 is 0 Å². The maximum Gasteiger partial charge on any atom is 0.217 e. The van der Waals surface area contributed by atoms with Gasteiger partial charge in [-0.05, 0) is 12.5 Å². The van der Waals surface area contributed by atoms with Gasteiger partial charge in [0.25, 0.3) is 0 Å². The molecule has 0 fully saturated rings. The first-order valence-electron chi connectivity index (χ1n) is 6.35. The molecule has 0 saturated carbocycles. The van der Waals surface area contributed by atoms with Crippen LogP contribution in [0.2, 0.25) is 0 Å².